The Morgan fingerprint density at radius 3 is 2.77 bits per heavy atom. The molecule has 4 heterocycles. The van der Waals surface area contributed by atoms with Gasteiger partial charge in [0.05, 0.1) is 23.5 Å². The zero-order valence-corrected chi connectivity index (χ0v) is 16.3. The molecule has 2 aromatic rings. The molecule has 2 aliphatic heterocycles. The van der Waals surface area contributed by atoms with E-state index in [9.17, 15) is 4.79 Å². The van der Waals surface area contributed by atoms with Crippen LogP contribution in [0.15, 0.2) is 17.5 Å². The van der Waals surface area contributed by atoms with Gasteiger partial charge in [-0.05, 0) is 61.9 Å². The van der Waals surface area contributed by atoms with Crippen molar-refractivity contribution < 1.29 is 9.53 Å². The molecule has 0 N–H and O–H groups in total. The van der Waals surface area contributed by atoms with Crippen LogP contribution in [0.5, 0.6) is 0 Å². The van der Waals surface area contributed by atoms with Crippen molar-refractivity contribution in [3.05, 3.63) is 28.2 Å². The van der Waals surface area contributed by atoms with Gasteiger partial charge in [0.2, 0.25) is 5.91 Å². The molecule has 1 amide bonds. The first-order valence-corrected chi connectivity index (χ1v) is 9.99. The monoisotopic (exact) mass is 375 g/mol. The fraction of sp³-hybridized carbons (Fsp3) is 0.667. The number of thiophene rings is 1. The third-order valence-corrected chi connectivity index (χ3v) is 6.32. The number of aromatic nitrogens is 4. The van der Waals surface area contributed by atoms with Crippen molar-refractivity contribution in [2.75, 3.05) is 13.2 Å². The average Bonchev–Trinajstić information content (AvgIpc) is 3.32. The van der Waals surface area contributed by atoms with Crippen molar-refractivity contribution >= 4 is 17.2 Å². The zero-order valence-electron chi connectivity index (χ0n) is 15.5. The molecule has 0 radical (unpaired) electrons. The van der Waals surface area contributed by atoms with Gasteiger partial charge in [-0.3, -0.25) is 4.79 Å². The molecule has 26 heavy (non-hydrogen) atoms. The summed E-state index contributed by atoms with van der Waals surface area (Å²) in [5, 5.41) is 14.5. The highest BCUT2D eigenvalue weighted by Crippen LogP contribution is 2.50. The van der Waals surface area contributed by atoms with Gasteiger partial charge in [0.1, 0.15) is 0 Å². The van der Waals surface area contributed by atoms with Gasteiger partial charge in [0, 0.05) is 18.1 Å². The van der Waals surface area contributed by atoms with Crippen molar-refractivity contribution in [3.63, 3.8) is 0 Å². The third-order valence-electron chi connectivity index (χ3n) is 5.46. The van der Waals surface area contributed by atoms with Gasteiger partial charge in [-0.2, -0.15) is 0 Å². The highest BCUT2D eigenvalue weighted by molar-refractivity contribution is 7.09. The Morgan fingerprint density at radius 2 is 2.12 bits per heavy atom. The number of ether oxygens (including phenoxy) is 1. The van der Waals surface area contributed by atoms with E-state index in [0.717, 1.165) is 25.1 Å². The van der Waals surface area contributed by atoms with Crippen molar-refractivity contribution in [2.45, 2.75) is 58.2 Å². The first-order chi connectivity index (χ1) is 12.4. The van der Waals surface area contributed by atoms with Gasteiger partial charge < -0.3 is 9.64 Å². The summed E-state index contributed by atoms with van der Waals surface area (Å²) in [6.07, 6.45) is 2.32. The first kappa shape index (κ1) is 17.6. The normalized spacial score (nSPS) is 23.1. The Bertz CT molecular complexity index is 774. The number of hydrogen-bond acceptors (Lipinski definition) is 6. The predicted molar refractivity (Wildman–Crippen MR) is 97.5 cm³/mol. The Morgan fingerprint density at radius 1 is 1.35 bits per heavy atom. The van der Waals surface area contributed by atoms with E-state index in [1.807, 2.05) is 21.0 Å². The summed E-state index contributed by atoms with van der Waals surface area (Å²) < 4.78 is 7.40. The van der Waals surface area contributed by atoms with Crippen LogP contribution >= 0.6 is 11.3 Å². The number of carbonyl (C=O) groups is 1. The minimum atomic E-state index is -0.338. The fourth-order valence-electron chi connectivity index (χ4n) is 4.06. The molecule has 1 spiro atoms. The van der Waals surface area contributed by atoms with Gasteiger partial charge >= 0.3 is 0 Å². The van der Waals surface area contributed by atoms with Crippen LogP contribution in [-0.2, 0) is 21.6 Å². The maximum atomic E-state index is 13.5. The van der Waals surface area contributed by atoms with E-state index in [4.69, 9.17) is 4.74 Å². The van der Waals surface area contributed by atoms with Crippen LogP contribution in [0.2, 0.25) is 0 Å². The number of tetrazole rings is 1. The zero-order chi connectivity index (χ0) is 18.4. The molecule has 8 heteroatoms. The van der Waals surface area contributed by atoms with Crippen LogP contribution < -0.4 is 0 Å². The van der Waals surface area contributed by atoms with Crippen molar-refractivity contribution in [1.29, 1.82) is 0 Å². The SMILES string of the molecule is CC(C)(C)n1nnnc1C1CC2(CCOCC2)C(=O)N1Cc1cccs1. The summed E-state index contributed by atoms with van der Waals surface area (Å²) in [6.45, 7) is 8.15. The van der Waals surface area contributed by atoms with Gasteiger partial charge in [-0.15, -0.1) is 16.4 Å². The lowest BCUT2D eigenvalue weighted by Crippen LogP contribution is -2.39. The summed E-state index contributed by atoms with van der Waals surface area (Å²) in [5.74, 6) is 1.01. The van der Waals surface area contributed by atoms with Gasteiger partial charge in [0.25, 0.3) is 0 Å². The van der Waals surface area contributed by atoms with E-state index < -0.39 is 0 Å². The first-order valence-electron chi connectivity index (χ1n) is 9.11. The van der Waals surface area contributed by atoms with Crippen molar-refractivity contribution in [1.82, 2.24) is 25.1 Å². The number of amides is 1. The summed E-state index contributed by atoms with van der Waals surface area (Å²) in [5.41, 5.74) is -0.573. The van der Waals surface area contributed by atoms with Crippen LogP contribution in [0.4, 0.5) is 0 Å². The predicted octanol–water partition coefficient (Wildman–Crippen LogP) is 2.76. The lowest BCUT2D eigenvalue weighted by molar-refractivity contribution is -0.141. The minimum Gasteiger partial charge on any atom is -0.381 e. The molecule has 2 aromatic heterocycles. The molecule has 0 saturated carbocycles. The molecule has 4 rings (SSSR count). The number of nitrogens with zero attached hydrogens (tertiary/aromatic N) is 5. The van der Waals surface area contributed by atoms with Crippen LogP contribution in [0.1, 0.15) is 56.8 Å². The van der Waals surface area contributed by atoms with Crippen LogP contribution in [0.25, 0.3) is 0 Å². The average molecular weight is 375 g/mol. The largest absolute Gasteiger partial charge is 0.381 e. The molecule has 0 bridgehead atoms. The van der Waals surface area contributed by atoms with E-state index in [1.54, 1.807) is 11.3 Å². The van der Waals surface area contributed by atoms with E-state index in [-0.39, 0.29) is 22.9 Å². The minimum absolute atomic E-state index is 0.100. The Kier molecular flexibility index (Phi) is 4.35. The lowest BCUT2D eigenvalue weighted by atomic mass is 9.77. The lowest BCUT2D eigenvalue weighted by Gasteiger charge is -2.31. The second kappa shape index (κ2) is 6.42. The molecule has 1 atom stereocenters. The number of likely N-dealkylation sites (tertiary alicyclic amines) is 1. The standard InChI is InChI=1S/C18H25N5O2S/c1-17(2,3)23-15(19-20-21-23)14-11-18(6-8-25-9-7-18)16(24)22(14)12-13-5-4-10-26-13/h4-5,10,14H,6-9,11-12H2,1-3H3. The highest BCUT2D eigenvalue weighted by atomic mass is 32.1. The molecule has 2 fully saturated rings. The molecular formula is C18H25N5O2S. The van der Waals surface area contributed by atoms with Crippen molar-refractivity contribution in [2.24, 2.45) is 5.41 Å². The quantitative estimate of drug-likeness (QED) is 0.825. The van der Waals surface area contributed by atoms with E-state index in [1.165, 1.54) is 4.88 Å². The molecule has 140 valence electrons. The number of hydrogen-bond donors (Lipinski definition) is 0. The van der Waals surface area contributed by atoms with Crippen LogP contribution in [0, 0.1) is 5.41 Å². The second-order valence-electron chi connectivity index (χ2n) is 8.24. The van der Waals surface area contributed by atoms with Gasteiger partial charge in [-0.1, -0.05) is 6.07 Å². The molecule has 2 aliphatic rings. The topological polar surface area (TPSA) is 73.1 Å². The maximum Gasteiger partial charge on any atom is 0.230 e. The Hall–Kier alpha value is -1.80. The van der Waals surface area contributed by atoms with Crippen LogP contribution in [-0.4, -0.2) is 44.2 Å². The highest BCUT2D eigenvalue weighted by Gasteiger charge is 2.54. The smallest absolute Gasteiger partial charge is 0.230 e. The second-order valence-corrected chi connectivity index (χ2v) is 9.28. The van der Waals surface area contributed by atoms with Gasteiger partial charge in [0.15, 0.2) is 5.82 Å². The van der Waals surface area contributed by atoms with E-state index in [0.29, 0.717) is 19.8 Å². The van der Waals surface area contributed by atoms with E-state index >= 15 is 0 Å². The maximum absolute atomic E-state index is 13.5. The molecule has 7 nitrogen and oxygen atoms in total. The fourth-order valence-corrected chi connectivity index (χ4v) is 4.76. The van der Waals surface area contributed by atoms with Gasteiger partial charge in [-0.25, -0.2) is 4.68 Å². The van der Waals surface area contributed by atoms with E-state index in [2.05, 4.69) is 42.4 Å². The Balaban J connectivity index is 1.73. The third kappa shape index (κ3) is 2.95. The molecule has 1 unspecified atom stereocenters. The summed E-state index contributed by atoms with van der Waals surface area (Å²) in [4.78, 5) is 16.6. The Labute approximate surface area is 157 Å². The number of carbonyl (C=O) groups excluding carboxylic acids is 1. The summed E-state index contributed by atoms with van der Waals surface area (Å²) >= 11 is 1.68. The van der Waals surface area contributed by atoms with Crippen molar-refractivity contribution in [3.8, 4) is 0 Å². The molecule has 0 aliphatic carbocycles. The molecular weight excluding hydrogens is 350 g/mol. The molecule has 0 aromatic carbocycles. The molecule has 2 saturated heterocycles. The summed E-state index contributed by atoms with van der Waals surface area (Å²) in [7, 11) is 0. The van der Waals surface area contributed by atoms with Crippen LogP contribution in [0.3, 0.4) is 0 Å². The number of rotatable bonds is 3. The summed E-state index contributed by atoms with van der Waals surface area (Å²) in [6, 6.07) is 4.01.